The van der Waals surface area contributed by atoms with Crippen molar-refractivity contribution >= 4 is 23.6 Å². The van der Waals surface area contributed by atoms with Gasteiger partial charge in [0, 0.05) is 17.7 Å². The Hall–Kier alpha value is -1.42. The van der Waals surface area contributed by atoms with Gasteiger partial charge in [-0.2, -0.15) is 0 Å². The van der Waals surface area contributed by atoms with Gasteiger partial charge < -0.3 is 4.74 Å². The van der Waals surface area contributed by atoms with E-state index in [2.05, 4.69) is 4.74 Å². The second-order valence-corrected chi connectivity index (χ2v) is 3.05. The van der Waals surface area contributed by atoms with Gasteiger partial charge in [-0.15, -0.1) is 0 Å². The largest absolute Gasteiger partial charge is 0.466 e. The first kappa shape index (κ1) is 11.7. The summed E-state index contributed by atoms with van der Waals surface area (Å²) in [7, 11) is 1.20. The molecule has 5 heteroatoms. The molecule has 0 aliphatic heterocycles. The normalized spacial score (nSPS) is 10.7. The minimum absolute atomic E-state index is 0.0202. The van der Waals surface area contributed by atoms with E-state index in [0.717, 1.165) is 18.2 Å². The lowest BCUT2D eigenvalue weighted by molar-refractivity contribution is -0.134. The van der Waals surface area contributed by atoms with E-state index in [4.69, 9.17) is 11.6 Å². The maximum Gasteiger partial charge on any atom is 0.330 e. The Bertz CT molecular complexity index is 416. The Morgan fingerprint density at radius 1 is 1.40 bits per heavy atom. The SMILES string of the molecule is COC(=O)/C=C/c1cc(Cl)c(F)cc1F. The van der Waals surface area contributed by atoms with Gasteiger partial charge in [-0.05, 0) is 12.1 Å². The van der Waals surface area contributed by atoms with Crippen molar-refractivity contribution in [2.75, 3.05) is 7.11 Å². The lowest BCUT2D eigenvalue weighted by Crippen LogP contribution is -1.94. The molecule has 0 saturated heterocycles. The van der Waals surface area contributed by atoms with Crippen LogP contribution in [0.2, 0.25) is 5.02 Å². The zero-order chi connectivity index (χ0) is 11.4. The summed E-state index contributed by atoms with van der Waals surface area (Å²) in [5.41, 5.74) is 0.0202. The van der Waals surface area contributed by atoms with Crippen LogP contribution < -0.4 is 0 Å². The molecule has 2 nitrogen and oxygen atoms in total. The number of carbonyl (C=O) groups is 1. The van der Waals surface area contributed by atoms with Crippen LogP contribution in [-0.4, -0.2) is 13.1 Å². The molecule has 0 spiro atoms. The summed E-state index contributed by atoms with van der Waals surface area (Å²) in [4.78, 5) is 10.7. The molecule has 1 aromatic rings. The quantitative estimate of drug-likeness (QED) is 0.445. The van der Waals surface area contributed by atoms with E-state index in [1.807, 2.05) is 0 Å². The number of esters is 1. The topological polar surface area (TPSA) is 26.3 Å². The van der Waals surface area contributed by atoms with Crippen LogP contribution in [0.25, 0.3) is 6.08 Å². The third-order valence-electron chi connectivity index (χ3n) is 1.64. The van der Waals surface area contributed by atoms with E-state index in [1.54, 1.807) is 0 Å². The van der Waals surface area contributed by atoms with Crippen LogP contribution in [0, 0.1) is 11.6 Å². The number of halogens is 3. The zero-order valence-corrected chi connectivity index (χ0v) is 8.52. The van der Waals surface area contributed by atoms with E-state index < -0.39 is 17.6 Å². The van der Waals surface area contributed by atoms with E-state index >= 15 is 0 Å². The van der Waals surface area contributed by atoms with E-state index in [9.17, 15) is 13.6 Å². The molecule has 0 aliphatic rings. The molecule has 0 unspecified atom stereocenters. The minimum Gasteiger partial charge on any atom is -0.466 e. The van der Waals surface area contributed by atoms with Gasteiger partial charge in [0.15, 0.2) is 0 Å². The van der Waals surface area contributed by atoms with Gasteiger partial charge in [-0.1, -0.05) is 11.6 Å². The van der Waals surface area contributed by atoms with Crippen molar-refractivity contribution in [3.8, 4) is 0 Å². The molecule has 0 radical (unpaired) electrons. The Labute approximate surface area is 90.1 Å². The fourth-order valence-electron chi connectivity index (χ4n) is 0.892. The van der Waals surface area contributed by atoms with Crippen LogP contribution >= 0.6 is 11.6 Å². The van der Waals surface area contributed by atoms with Gasteiger partial charge in [0.05, 0.1) is 12.1 Å². The van der Waals surface area contributed by atoms with Crippen LogP contribution in [0.3, 0.4) is 0 Å². The molecule has 0 saturated carbocycles. The summed E-state index contributed by atoms with van der Waals surface area (Å²) >= 11 is 5.44. The van der Waals surface area contributed by atoms with Crippen molar-refractivity contribution in [1.82, 2.24) is 0 Å². The van der Waals surface area contributed by atoms with E-state index in [1.165, 1.54) is 7.11 Å². The molecule has 0 heterocycles. The van der Waals surface area contributed by atoms with Crippen molar-refractivity contribution in [3.05, 3.63) is 40.4 Å². The van der Waals surface area contributed by atoms with Crippen LogP contribution in [0.4, 0.5) is 8.78 Å². The highest BCUT2D eigenvalue weighted by atomic mass is 35.5. The standard InChI is InChI=1S/C10H7ClF2O2/c1-15-10(14)3-2-6-4-7(11)9(13)5-8(6)12/h2-5H,1H3/b3-2+. The van der Waals surface area contributed by atoms with Gasteiger partial charge in [0.2, 0.25) is 0 Å². The number of rotatable bonds is 2. The molecule has 0 aliphatic carbocycles. The number of methoxy groups -OCH3 is 1. The second kappa shape index (κ2) is 4.89. The predicted molar refractivity (Wildman–Crippen MR) is 52.4 cm³/mol. The molecular formula is C10H7ClF2O2. The minimum atomic E-state index is -0.843. The number of benzene rings is 1. The molecule has 0 atom stereocenters. The maximum absolute atomic E-state index is 13.1. The molecule has 15 heavy (non-hydrogen) atoms. The fourth-order valence-corrected chi connectivity index (χ4v) is 1.06. The van der Waals surface area contributed by atoms with Crippen LogP contribution in [-0.2, 0) is 9.53 Å². The molecule has 0 fully saturated rings. The molecular weight excluding hydrogens is 226 g/mol. The lowest BCUT2D eigenvalue weighted by atomic mass is 10.2. The molecule has 0 aromatic heterocycles. The fraction of sp³-hybridized carbons (Fsp3) is 0.100. The highest BCUT2D eigenvalue weighted by Gasteiger charge is 2.06. The van der Waals surface area contributed by atoms with E-state index in [0.29, 0.717) is 6.07 Å². The third-order valence-corrected chi connectivity index (χ3v) is 1.93. The molecule has 0 amide bonds. The van der Waals surface area contributed by atoms with Crippen molar-refractivity contribution in [2.45, 2.75) is 0 Å². The highest BCUT2D eigenvalue weighted by Crippen LogP contribution is 2.20. The second-order valence-electron chi connectivity index (χ2n) is 2.64. The average Bonchev–Trinajstić information content (AvgIpc) is 2.21. The molecule has 0 bridgehead atoms. The smallest absolute Gasteiger partial charge is 0.330 e. The van der Waals surface area contributed by atoms with Crippen LogP contribution in [0.15, 0.2) is 18.2 Å². The van der Waals surface area contributed by atoms with Gasteiger partial charge in [0.25, 0.3) is 0 Å². The van der Waals surface area contributed by atoms with Gasteiger partial charge in [-0.25, -0.2) is 13.6 Å². The van der Waals surface area contributed by atoms with Crippen LogP contribution in [0.1, 0.15) is 5.56 Å². The van der Waals surface area contributed by atoms with Gasteiger partial charge in [-0.3, -0.25) is 0 Å². The number of ether oxygens (including phenoxy) is 1. The Balaban J connectivity index is 3.00. The summed E-state index contributed by atoms with van der Waals surface area (Å²) in [5.74, 6) is -2.27. The molecule has 0 N–H and O–H groups in total. The van der Waals surface area contributed by atoms with Crippen molar-refractivity contribution in [2.24, 2.45) is 0 Å². The first-order valence-corrected chi connectivity index (χ1v) is 4.33. The molecule has 1 aromatic carbocycles. The van der Waals surface area contributed by atoms with Crippen molar-refractivity contribution < 1.29 is 18.3 Å². The number of hydrogen-bond donors (Lipinski definition) is 0. The summed E-state index contributed by atoms with van der Waals surface area (Å²) in [6.45, 7) is 0. The molecule has 1 rings (SSSR count). The maximum atomic E-state index is 13.1. The predicted octanol–water partition coefficient (Wildman–Crippen LogP) is 2.80. The number of carbonyl (C=O) groups excluding carboxylic acids is 1. The highest BCUT2D eigenvalue weighted by molar-refractivity contribution is 6.30. The molecule has 80 valence electrons. The first-order chi connectivity index (χ1) is 7.04. The summed E-state index contributed by atoms with van der Waals surface area (Å²) in [6, 6.07) is 1.74. The van der Waals surface area contributed by atoms with Gasteiger partial charge in [0.1, 0.15) is 11.6 Å². The average molecular weight is 233 g/mol. The Morgan fingerprint density at radius 2 is 2.07 bits per heavy atom. The first-order valence-electron chi connectivity index (χ1n) is 3.95. The zero-order valence-electron chi connectivity index (χ0n) is 7.76. The summed E-state index contributed by atoms with van der Waals surface area (Å²) in [5, 5.41) is -0.207. The third kappa shape index (κ3) is 3.02. The monoisotopic (exact) mass is 232 g/mol. The van der Waals surface area contributed by atoms with Crippen molar-refractivity contribution in [3.63, 3.8) is 0 Å². The Morgan fingerprint density at radius 3 is 2.67 bits per heavy atom. The van der Waals surface area contributed by atoms with Crippen LogP contribution in [0.5, 0.6) is 0 Å². The van der Waals surface area contributed by atoms with Gasteiger partial charge >= 0.3 is 5.97 Å². The van der Waals surface area contributed by atoms with Crippen molar-refractivity contribution in [1.29, 1.82) is 0 Å². The lowest BCUT2D eigenvalue weighted by Gasteiger charge is -1.99. The Kier molecular flexibility index (Phi) is 3.80. The van der Waals surface area contributed by atoms with E-state index in [-0.39, 0.29) is 10.6 Å². The number of hydrogen-bond acceptors (Lipinski definition) is 2. The summed E-state index contributed by atoms with van der Waals surface area (Å²) in [6.07, 6.45) is 2.18. The summed E-state index contributed by atoms with van der Waals surface area (Å²) < 4.78 is 30.1.